The molecular weight excluding hydrogens is 321 g/mol. The van der Waals surface area contributed by atoms with Gasteiger partial charge in [0.2, 0.25) is 0 Å². The smallest absolute Gasteiger partial charge is 0 e. The molecule has 5 heteroatoms. The molecule has 33 valence electrons. The Bertz CT molecular complexity index is 9.61. The number of rotatable bonds is 0. The van der Waals surface area contributed by atoms with Crippen LogP contribution in [0.25, 0.3) is 0 Å². The van der Waals surface area contributed by atoms with Crippen LogP contribution in [0.3, 0.4) is 0 Å². The second kappa shape index (κ2) is 15.8. The molecule has 0 fully saturated rings. The second-order valence-corrected chi connectivity index (χ2v) is 3.33. The zero-order chi connectivity index (χ0) is 2.71. The quantitative estimate of drug-likeness (QED) is 0.570. The van der Waals surface area contributed by atoms with Gasteiger partial charge in [0.15, 0.2) is 0 Å². The summed E-state index contributed by atoms with van der Waals surface area (Å²) < 4.78 is 0. The third kappa shape index (κ3) is 19.8. The molecule has 0 unspecified atom stereocenters. The monoisotopic (exact) mass is 322 g/mol. The van der Waals surface area contributed by atoms with Crippen molar-refractivity contribution >= 4 is 70.2 Å². The summed E-state index contributed by atoms with van der Waals surface area (Å²) in [6, 6.07) is 0. The van der Waals surface area contributed by atoms with Crippen LogP contribution < -0.4 is 0 Å². The van der Waals surface area contributed by atoms with Crippen LogP contribution in [0, 0.1) is 0 Å². The van der Waals surface area contributed by atoms with Crippen molar-refractivity contribution in [1.82, 2.24) is 0 Å². The van der Waals surface area contributed by atoms with Crippen LogP contribution in [0.2, 0.25) is 0 Å². The molecule has 0 aromatic rings. The predicted octanol–water partition coefficient (Wildman–Crippen LogP) is 0.171. The standard InChI is InChI=1S/2ClH.K.H2O.Pt/h2*1H;;1H2;/q;;;;+2/p-2. The topological polar surface area (TPSA) is 31.5 Å². The Balaban J connectivity index is -0.0000000200. The van der Waals surface area contributed by atoms with Crippen molar-refractivity contribution in [2.24, 2.45) is 0 Å². The molecule has 0 rings (SSSR count). The summed E-state index contributed by atoms with van der Waals surface area (Å²) in [5.74, 6) is 0. The van der Waals surface area contributed by atoms with Gasteiger partial charge < -0.3 is 5.48 Å². The van der Waals surface area contributed by atoms with E-state index in [4.69, 9.17) is 18.8 Å². The Kier molecular flexibility index (Phi) is 49.5. The van der Waals surface area contributed by atoms with Gasteiger partial charge in [-0.25, -0.2) is 0 Å². The number of hydrogen-bond donors (Lipinski definition) is 0. The summed E-state index contributed by atoms with van der Waals surface area (Å²) >= 11 is -0.472. The Morgan fingerprint density at radius 3 is 1.20 bits per heavy atom. The Morgan fingerprint density at radius 2 is 1.20 bits per heavy atom. The minimum Gasteiger partial charge on any atom is 0 e. The first-order valence-corrected chi connectivity index (χ1v) is 5.87. The first kappa shape index (κ1) is 15.7. The van der Waals surface area contributed by atoms with Gasteiger partial charge in [-0.1, -0.05) is 0 Å². The van der Waals surface area contributed by atoms with Gasteiger partial charge in [-0.15, -0.1) is 0 Å². The van der Waals surface area contributed by atoms with E-state index < -0.39 is 16.5 Å². The van der Waals surface area contributed by atoms with Crippen molar-refractivity contribution in [3.63, 3.8) is 0 Å². The molecule has 5 heavy (non-hydrogen) atoms. The maximum absolute atomic E-state index is 4.88. The molecule has 1 radical (unpaired) electrons. The largest absolute Gasteiger partial charge is 0 e. The number of halogens is 2. The van der Waals surface area contributed by atoms with Crippen LogP contribution in [0.5, 0.6) is 0 Å². The van der Waals surface area contributed by atoms with Gasteiger partial charge >= 0.3 is 35.3 Å². The zero-order valence-corrected chi connectivity index (χ0v) is 9.48. The van der Waals surface area contributed by atoms with E-state index in [2.05, 4.69) is 0 Å². The van der Waals surface area contributed by atoms with E-state index in [-0.39, 0.29) is 56.9 Å². The molecule has 2 N–H and O–H groups in total. The van der Waals surface area contributed by atoms with Gasteiger partial charge in [-0.05, 0) is 0 Å². The van der Waals surface area contributed by atoms with E-state index in [1.54, 1.807) is 0 Å². The average Bonchev–Trinajstić information content (AvgIpc) is 0.918. The minimum atomic E-state index is -0.472. The third-order valence-corrected chi connectivity index (χ3v) is 0. The van der Waals surface area contributed by atoms with Crippen molar-refractivity contribution < 1.29 is 22.0 Å². The molecule has 0 bridgehead atoms. The summed E-state index contributed by atoms with van der Waals surface area (Å²) in [5.41, 5.74) is 0. The molecule has 0 spiro atoms. The summed E-state index contributed by atoms with van der Waals surface area (Å²) in [6.45, 7) is 0. The summed E-state index contributed by atoms with van der Waals surface area (Å²) in [4.78, 5) is 0. The van der Waals surface area contributed by atoms with E-state index in [9.17, 15) is 0 Å². The van der Waals surface area contributed by atoms with Gasteiger partial charge in [0.1, 0.15) is 0 Å². The summed E-state index contributed by atoms with van der Waals surface area (Å²) in [5, 5.41) is 0. The van der Waals surface area contributed by atoms with E-state index in [0.717, 1.165) is 0 Å². The van der Waals surface area contributed by atoms with Crippen molar-refractivity contribution in [2.45, 2.75) is 0 Å². The predicted molar refractivity (Wildman–Crippen MR) is 21.1 cm³/mol. The molecule has 0 aliphatic carbocycles. The summed E-state index contributed by atoms with van der Waals surface area (Å²) in [6.07, 6.45) is 0. The van der Waals surface area contributed by atoms with Gasteiger partial charge in [0.25, 0.3) is 0 Å². The molecule has 0 aromatic heterocycles. The fourth-order valence-electron chi connectivity index (χ4n) is 0. The maximum Gasteiger partial charge on any atom is 0 e. The first-order valence-electron chi connectivity index (χ1n) is 0.239. The Hall–Kier alpha value is 2.86. The Morgan fingerprint density at radius 1 is 1.20 bits per heavy atom. The Labute approximate surface area is 89.9 Å². The third-order valence-electron chi connectivity index (χ3n) is 0. The van der Waals surface area contributed by atoms with Gasteiger partial charge in [0.05, 0.1) is 0 Å². The van der Waals surface area contributed by atoms with E-state index in [0.29, 0.717) is 0 Å². The minimum absolute atomic E-state index is 0. The molecule has 1 nitrogen and oxygen atoms in total. The van der Waals surface area contributed by atoms with Crippen LogP contribution in [0.1, 0.15) is 0 Å². The first-order chi connectivity index (χ1) is 1.41. The fraction of sp³-hybridized carbons (Fsp3) is 0. The fourth-order valence-corrected chi connectivity index (χ4v) is 0. The molecule has 0 heterocycles. The van der Waals surface area contributed by atoms with Crippen molar-refractivity contribution in [1.29, 1.82) is 0 Å². The molecule has 0 atom stereocenters. The van der Waals surface area contributed by atoms with Crippen LogP contribution in [0.15, 0.2) is 0 Å². The van der Waals surface area contributed by atoms with Crippen LogP contribution in [0.4, 0.5) is 0 Å². The van der Waals surface area contributed by atoms with Gasteiger partial charge in [0, 0.05) is 51.4 Å². The van der Waals surface area contributed by atoms with Gasteiger partial charge in [-0.3, -0.25) is 0 Å². The molecule has 0 saturated carbocycles. The zero-order valence-electron chi connectivity index (χ0n) is 2.57. The normalized spacial score (nSPS) is 4.40. The number of hydrogen-bond acceptors (Lipinski definition) is 0. The maximum atomic E-state index is 4.88. The van der Waals surface area contributed by atoms with E-state index in [1.165, 1.54) is 0 Å². The van der Waals surface area contributed by atoms with Crippen LogP contribution >= 0.6 is 18.8 Å². The van der Waals surface area contributed by atoms with Crippen LogP contribution in [-0.2, 0) is 16.5 Å². The average molecular weight is 323 g/mol. The van der Waals surface area contributed by atoms with E-state index >= 15 is 0 Å². The van der Waals surface area contributed by atoms with Crippen molar-refractivity contribution in [3.05, 3.63) is 0 Å². The molecule has 0 aromatic carbocycles. The molecule has 0 aliphatic rings. The second-order valence-electron chi connectivity index (χ2n) is 0.0452. The SMILES string of the molecule is O.[Cl][Pt][Cl].[K]. The molecule has 0 amide bonds. The molecule has 0 aliphatic heterocycles. The summed E-state index contributed by atoms with van der Waals surface area (Å²) in [7, 11) is 9.75. The molecule has 0 saturated heterocycles. The van der Waals surface area contributed by atoms with E-state index in [1.807, 2.05) is 0 Å². The van der Waals surface area contributed by atoms with Crippen molar-refractivity contribution in [2.75, 3.05) is 0 Å². The van der Waals surface area contributed by atoms with Crippen LogP contribution in [-0.4, -0.2) is 56.9 Å². The van der Waals surface area contributed by atoms with Gasteiger partial charge in [-0.2, -0.15) is 0 Å². The van der Waals surface area contributed by atoms with Crippen molar-refractivity contribution in [3.8, 4) is 0 Å². The molecular formula is H2Cl2KOPt.